The number of rotatable bonds is 7. The molecule has 3 heteroatoms. The number of ketones is 1. The molecular weight excluding hydrogens is 242 g/mol. The quantitative estimate of drug-likeness (QED) is 0.660. The zero-order chi connectivity index (χ0) is 12.8. The summed E-state index contributed by atoms with van der Waals surface area (Å²) in [5, 5.41) is 0. The molecule has 2 unspecified atom stereocenters. The van der Waals surface area contributed by atoms with E-state index in [1.54, 1.807) is 0 Å². The Morgan fingerprint density at radius 1 is 1.11 bits per heavy atom. The molecule has 0 spiro atoms. The molecule has 0 amide bonds. The molecule has 2 aliphatic rings. The van der Waals surface area contributed by atoms with Gasteiger partial charge in [0.25, 0.3) is 0 Å². The molecule has 0 N–H and O–H groups in total. The molecule has 2 bridgehead atoms. The minimum atomic E-state index is 0.515. The van der Waals surface area contributed by atoms with E-state index < -0.39 is 0 Å². The predicted molar refractivity (Wildman–Crippen MR) is 79.2 cm³/mol. The minimum Gasteiger partial charge on any atom is -0.300 e. The van der Waals surface area contributed by atoms with E-state index in [9.17, 15) is 4.79 Å². The van der Waals surface area contributed by atoms with Crippen molar-refractivity contribution < 1.29 is 4.79 Å². The van der Waals surface area contributed by atoms with Crippen LogP contribution in [-0.2, 0) is 4.79 Å². The van der Waals surface area contributed by atoms with Crippen LogP contribution in [0.15, 0.2) is 0 Å². The third-order valence-corrected chi connectivity index (χ3v) is 5.15. The number of carbonyl (C=O) groups is 1. The molecule has 0 aromatic carbocycles. The van der Waals surface area contributed by atoms with Crippen molar-refractivity contribution in [3.8, 4) is 0 Å². The summed E-state index contributed by atoms with van der Waals surface area (Å²) in [5.41, 5.74) is 0. The van der Waals surface area contributed by atoms with E-state index in [1.807, 2.05) is 11.8 Å². The third-order valence-electron chi connectivity index (χ3n) is 4.45. The Balaban J connectivity index is 1.67. The van der Waals surface area contributed by atoms with Crippen LogP contribution in [0.1, 0.15) is 57.8 Å². The SMILES string of the molecule is CSCCCCCCN1C2CCCC1CC(=O)C2. The van der Waals surface area contributed by atoms with E-state index in [2.05, 4.69) is 11.2 Å². The number of hydrogen-bond donors (Lipinski definition) is 0. The van der Waals surface area contributed by atoms with Gasteiger partial charge < -0.3 is 0 Å². The van der Waals surface area contributed by atoms with Crippen LogP contribution in [0.5, 0.6) is 0 Å². The largest absolute Gasteiger partial charge is 0.300 e. The van der Waals surface area contributed by atoms with Crippen molar-refractivity contribution in [1.82, 2.24) is 4.90 Å². The van der Waals surface area contributed by atoms with Crippen molar-refractivity contribution in [1.29, 1.82) is 0 Å². The van der Waals surface area contributed by atoms with E-state index in [1.165, 1.54) is 57.2 Å². The van der Waals surface area contributed by atoms with Gasteiger partial charge in [-0.3, -0.25) is 9.69 Å². The number of Topliss-reactive ketones (excluding diaryl/α,β-unsaturated/α-hetero) is 1. The summed E-state index contributed by atoms with van der Waals surface area (Å²) in [5.74, 6) is 1.82. The van der Waals surface area contributed by atoms with Crippen LogP contribution in [0.2, 0.25) is 0 Å². The van der Waals surface area contributed by atoms with Crippen LogP contribution in [0.4, 0.5) is 0 Å². The van der Waals surface area contributed by atoms with Gasteiger partial charge >= 0.3 is 0 Å². The Bertz CT molecular complexity index is 253. The van der Waals surface area contributed by atoms with Crippen molar-refractivity contribution in [2.75, 3.05) is 18.6 Å². The summed E-state index contributed by atoms with van der Waals surface area (Å²) in [6.07, 6.45) is 13.2. The second kappa shape index (κ2) is 7.54. The molecule has 2 rings (SSSR count). The fraction of sp³-hybridized carbons (Fsp3) is 0.933. The Kier molecular flexibility index (Phi) is 6.03. The fourth-order valence-corrected chi connectivity index (χ4v) is 4.02. The van der Waals surface area contributed by atoms with Crippen molar-refractivity contribution in [3.05, 3.63) is 0 Å². The van der Waals surface area contributed by atoms with Gasteiger partial charge in [0.15, 0.2) is 0 Å². The summed E-state index contributed by atoms with van der Waals surface area (Å²) in [6.45, 7) is 1.24. The van der Waals surface area contributed by atoms with Gasteiger partial charge in [0.2, 0.25) is 0 Å². The molecule has 2 heterocycles. The maximum atomic E-state index is 11.6. The van der Waals surface area contributed by atoms with E-state index in [-0.39, 0.29) is 0 Å². The van der Waals surface area contributed by atoms with Gasteiger partial charge in [-0.1, -0.05) is 19.3 Å². The molecule has 0 aromatic rings. The van der Waals surface area contributed by atoms with Gasteiger partial charge in [-0.05, 0) is 44.2 Å². The Labute approximate surface area is 116 Å². The normalized spacial score (nSPS) is 28.6. The van der Waals surface area contributed by atoms with Crippen molar-refractivity contribution in [2.24, 2.45) is 0 Å². The first-order valence-corrected chi connectivity index (χ1v) is 8.97. The van der Waals surface area contributed by atoms with Crippen LogP contribution in [0, 0.1) is 0 Å². The first-order chi connectivity index (χ1) is 8.81. The van der Waals surface area contributed by atoms with Crippen molar-refractivity contribution >= 4 is 17.5 Å². The molecule has 2 saturated heterocycles. The number of nitrogens with zero attached hydrogens (tertiary/aromatic N) is 1. The number of unbranched alkanes of at least 4 members (excludes halogenated alkanes) is 3. The standard InChI is InChI=1S/C15H27NOS/c1-18-10-5-3-2-4-9-16-13-7-6-8-14(16)12-15(17)11-13/h13-14H,2-12H2,1H3. The highest BCUT2D eigenvalue weighted by Crippen LogP contribution is 2.32. The van der Waals surface area contributed by atoms with E-state index in [0.717, 1.165) is 12.8 Å². The second-order valence-electron chi connectivity index (χ2n) is 5.83. The van der Waals surface area contributed by atoms with Gasteiger partial charge in [0, 0.05) is 24.9 Å². The maximum absolute atomic E-state index is 11.6. The molecule has 2 aliphatic heterocycles. The third kappa shape index (κ3) is 3.99. The molecule has 104 valence electrons. The molecule has 2 nitrogen and oxygen atoms in total. The second-order valence-corrected chi connectivity index (χ2v) is 6.82. The lowest BCUT2D eigenvalue weighted by Crippen LogP contribution is -2.52. The first-order valence-electron chi connectivity index (χ1n) is 7.57. The lowest BCUT2D eigenvalue weighted by Gasteiger charge is -2.45. The smallest absolute Gasteiger partial charge is 0.136 e. The summed E-state index contributed by atoms with van der Waals surface area (Å²) in [6, 6.07) is 1.19. The van der Waals surface area contributed by atoms with Crippen LogP contribution >= 0.6 is 11.8 Å². The molecule has 2 fully saturated rings. The molecule has 0 aliphatic carbocycles. The average molecular weight is 269 g/mol. The van der Waals surface area contributed by atoms with Crippen LogP contribution in [-0.4, -0.2) is 41.3 Å². The van der Waals surface area contributed by atoms with E-state index in [0.29, 0.717) is 17.9 Å². The summed E-state index contributed by atoms with van der Waals surface area (Å²) in [7, 11) is 0. The monoisotopic (exact) mass is 269 g/mol. The van der Waals surface area contributed by atoms with Gasteiger partial charge in [-0.15, -0.1) is 0 Å². The molecular formula is C15H27NOS. The predicted octanol–water partition coefficient (Wildman–Crippen LogP) is 3.50. The van der Waals surface area contributed by atoms with Crippen LogP contribution in [0.25, 0.3) is 0 Å². The van der Waals surface area contributed by atoms with Gasteiger partial charge in [-0.2, -0.15) is 11.8 Å². The minimum absolute atomic E-state index is 0.515. The van der Waals surface area contributed by atoms with Crippen LogP contribution in [0.3, 0.4) is 0 Å². The van der Waals surface area contributed by atoms with Crippen molar-refractivity contribution in [3.63, 3.8) is 0 Å². The van der Waals surface area contributed by atoms with Gasteiger partial charge in [0.1, 0.15) is 5.78 Å². The number of thioether (sulfide) groups is 1. The molecule has 0 aromatic heterocycles. The molecule has 0 radical (unpaired) electrons. The first kappa shape index (κ1) is 14.4. The summed E-state index contributed by atoms with van der Waals surface area (Å²) in [4.78, 5) is 14.3. The highest BCUT2D eigenvalue weighted by Gasteiger charge is 2.36. The summed E-state index contributed by atoms with van der Waals surface area (Å²) >= 11 is 1.95. The number of piperidine rings is 2. The average Bonchev–Trinajstić information content (AvgIpc) is 2.34. The lowest BCUT2D eigenvalue weighted by molar-refractivity contribution is -0.127. The highest BCUT2D eigenvalue weighted by molar-refractivity contribution is 7.98. The van der Waals surface area contributed by atoms with Crippen molar-refractivity contribution in [2.45, 2.75) is 69.9 Å². The molecule has 2 atom stereocenters. The maximum Gasteiger partial charge on any atom is 0.136 e. The topological polar surface area (TPSA) is 20.3 Å². The fourth-order valence-electron chi connectivity index (χ4n) is 3.53. The Hall–Kier alpha value is -0.0200. The zero-order valence-electron chi connectivity index (χ0n) is 11.7. The Morgan fingerprint density at radius 3 is 2.44 bits per heavy atom. The Morgan fingerprint density at radius 2 is 1.78 bits per heavy atom. The highest BCUT2D eigenvalue weighted by atomic mass is 32.2. The molecule has 18 heavy (non-hydrogen) atoms. The van der Waals surface area contributed by atoms with E-state index >= 15 is 0 Å². The van der Waals surface area contributed by atoms with Gasteiger partial charge in [0.05, 0.1) is 0 Å². The number of fused-ring (bicyclic) bond motifs is 2. The lowest BCUT2D eigenvalue weighted by atomic mass is 9.83. The summed E-state index contributed by atoms with van der Waals surface area (Å²) < 4.78 is 0. The van der Waals surface area contributed by atoms with E-state index in [4.69, 9.17) is 0 Å². The number of carbonyl (C=O) groups excluding carboxylic acids is 1. The van der Waals surface area contributed by atoms with Crippen LogP contribution < -0.4 is 0 Å². The van der Waals surface area contributed by atoms with Gasteiger partial charge in [-0.25, -0.2) is 0 Å². The number of hydrogen-bond acceptors (Lipinski definition) is 3. The molecule has 0 saturated carbocycles. The zero-order valence-corrected chi connectivity index (χ0v) is 12.5.